The van der Waals surface area contributed by atoms with Crippen LogP contribution in [0.3, 0.4) is 0 Å². The third-order valence-corrected chi connectivity index (χ3v) is 4.77. The molecule has 0 aromatic heterocycles. The van der Waals surface area contributed by atoms with Gasteiger partial charge in [-0.1, -0.05) is 92.7 Å². The van der Waals surface area contributed by atoms with Gasteiger partial charge in [0.2, 0.25) is 0 Å². The molecule has 146 valence electrons. The largest absolute Gasteiger partial charge is 0.457 e. The summed E-state index contributed by atoms with van der Waals surface area (Å²) in [6, 6.07) is 15.5. The molecule has 0 fully saturated rings. The van der Waals surface area contributed by atoms with Crippen molar-refractivity contribution in [1.82, 2.24) is 0 Å². The monoisotopic (exact) mass is 379 g/mol. The van der Waals surface area contributed by atoms with Gasteiger partial charge in [-0.05, 0) is 17.5 Å². The van der Waals surface area contributed by atoms with Crippen LogP contribution in [0, 0.1) is 0 Å². The van der Waals surface area contributed by atoms with Crippen molar-refractivity contribution in [3.8, 4) is 11.1 Å². The summed E-state index contributed by atoms with van der Waals surface area (Å²) in [6.45, 7) is 2.39. The Morgan fingerprint density at radius 1 is 0.750 bits per heavy atom. The summed E-state index contributed by atoms with van der Waals surface area (Å²) in [5, 5.41) is 3.97. The first-order chi connectivity index (χ1) is 13.7. The zero-order valence-corrected chi connectivity index (χ0v) is 16.1. The fraction of sp³-hybridized carbons (Fsp3) is 0.348. The molecule has 5 nitrogen and oxygen atoms in total. The molecule has 0 aliphatic heterocycles. The van der Waals surface area contributed by atoms with Crippen LogP contribution in [-0.2, 0) is 19.2 Å². The lowest BCUT2D eigenvalue weighted by molar-refractivity contribution is -0.167. The Balaban J connectivity index is 1.55. The van der Waals surface area contributed by atoms with Gasteiger partial charge < -0.3 is 9.57 Å². The van der Waals surface area contributed by atoms with E-state index in [1.165, 1.54) is 19.3 Å². The molecule has 2 aromatic rings. The van der Waals surface area contributed by atoms with Gasteiger partial charge in [0.1, 0.15) is 5.71 Å². The van der Waals surface area contributed by atoms with Gasteiger partial charge in [0.25, 0.3) is 0 Å². The van der Waals surface area contributed by atoms with Gasteiger partial charge in [-0.25, -0.2) is 9.59 Å². The number of benzene rings is 2. The van der Waals surface area contributed by atoms with Gasteiger partial charge in [-0.15, -0.1) is 0 Å². The number of fused-ring (bicyclic) bond motifs is 3. The van der Waals surface area contributed by atoms with Gasteiger partial charge in [0.15, 0.2) is 0 Å². The number of esters is 1. The fourth-order valence-electron chi connectivity index (χ4n) is 3.32. The topological polar surface area (TPSA) is 65.0 Å². The van der Waals surface area contributed by atoms with Gasteiger partial charge in [-0.3, -0.25) is 0 Å². The summed E-state index contributed by atoms with van der Waals surface area (Å²) >= 11 is 0. The van der Waals surface area contributed by atoms with E-state index in [0.29, 0.717) is 5.71 Å². The minimum absolute atomic E-state index is 0.225. The lowest BCUT2D eigenvalue weighted by Crippen LogP contribution is -2.19. The van der Waals surface area contributed by atoms with Crippen molar-refractivity contribution in [3.05, 3.63) is 59.7 Å². The summed E-state index contributed by atoms with van der Waals surface area (Å²) in [4.78, 5) is 28.6. The number of hydrogen-bond acceptors (Lipinski definition) is 5. The Hall–Kier alpha value is -2.95. The molecule has 1 aliphatic carbocycles. The van der Waals surface area contributed by atoms with E-state index in [-0.39, 0.29) is 6.61 Å². The third-order valence-electron chi connectivity index (χ3n) is 4.77. The summed E-state index contributed by atoms with van der Waals surface area (Å²) < 4.78 is 4.98. The molecule has 0 unspecified atom stereocenters. The zero-order chi connectivity index (χ0) is 19.8. The van der Waals surface area contributed by atoms with Crippen LogP contribution in [0.2, 0.25) is 0 Å². The Kier molecular flexibility index (Phi) is 6.95. The summed E-state index contributed by atoms with van der Waals surface area (Å²) in [6.07, 6.45) is 6.45. The second-order valence-electron chi connectivity index (χ2n) is 6.81. The number of carbonyl (C=O) groups excluding carboxylic acids is 2. The molecule has 1 aliphatic rings. The SMILES string of the molecule is CCCCCCCCOC(=O)C(=O)ON=C1c2ccccc2-c2ccccc21. The fourth-order valence-corrected chi connectivity index (χ4v) is 3.32. The van der Waals surface area contributed by atoms with Crippen molar-refractivity contribution in [1.29, 1.82) is 0 Å². The highest BCUT2D eigenvalue weighted by atomic mass is 16.7. The molecule has 0 spiro atoms. The molecule has 0 radical (unpaired) electrons. The number of nitrogens with zero attached hydrogens (tertiary/aromatic N) is 1. The van der Waals surface area contributed by atoms with Crippen LogP contribution in [0.4, 0.5) is 0 Å². The molecule has 0 amide bonds. The standard InChI is InChI=1S/C23H25NO4/c1-2-3-4-5-6-11-16-27-22(25)23(26)28-24-21-19-14-9-7-12-17(19)18-13-8-10-15-20(18)21/h7-10,12-15H,2-6,11,16H2,1H3. The van der Waals surface area contributed by atoms with Crippen molar-refractivity contribution in [2.75, 3.05) is 6.61 Å². The highest BCUT2D eigenvalue weighted by Gasteiger charge is 2.26. The van der Waals surface area contributed by atoms with E-state index in [9.17, 15) is 9.59 Å². The van der Waals surface area contributed by atoms with Gasteiger partial charge in [0.05, 0.1) is 6.61 Å². The molecule has 0 N–H and O–H groups in total. The summed E-state index contributed by atoms with van der Waals surface area (Å²) in [7, 11) is 0. The Morgan fingerprint density at radius 2 is 1.29 bits per heavy atom. The maximum absolute atomic E-state index is 11.9. The van der Waals surface area contributed by atoms with Crippen molar-refractivity contribution in [2.45, 2.75) is 45.4 Å². The third kappa shape index (κ3) is 4.66. The first-order valence-electron chi connectivity index (χ1n) is 9.87. The van der Waals surface area contributed by atoms with Gasteiger partial charge >= 0.3 is 11.9 Å². The molecule has 0 heterocycles. The molecule has 2 aromatic carbocycles. The Morgan fingerprint density at radius 3 is 1.89 bits per heavy atom. The highest BCUT2D eigenvalue weighted by molar-refractivity contribution is 6.30. The van der Waals surface area contributed by atoms with E-state index in [2.05, 4.69) is 12.1 Å². The van der Waals surface area contributed by atoms with Crippen LogP contribution in [0.5, 0.6) is 0 Å². The number of unbranched alkanes of at least 4 members (excludes halogenated alkanes) is 5. The number of ether oxygens (including phenoxy) is 1. The number of rotatable bonds is 8. The first-order valence-corrected chi connectivity index (χ1v) is 9.87. The quantitative estimate of drug-likeness (QED) is 0.184. The van der Waals surface area contributed by atoms with Crippen LogP contribution >= 0.6 is 0 Å². The average molecular weight is 379 g/mol. The molecule has 5 heteroatoms. The Labute approximate surface area is 165 Å². The van der Waals surface area contributed by atoms with Crippen molar-refractivity contribution in [2.24, 2.45) is 5.16 Å². The van der Waals surface area contributed by atoms with Crippen molar-refractivity contribution < 1.29 is 19.2 Å². The normalized spacial score (nSPS) is 11.5. The van der Waals surface area contributed by atoms with E-state index in [1.54, 1.807) is 0 Å². The molecule has 0 saturated carbocycles. The molecule has 3 rings (SSSR count). The minimum atomic E-state index is -1.10. The van der Waals surface area contributed by atoms with Crippen LogP contribution in [0.1, 0.15) is 56.6 Å². The predicted molar refractivity (Wildman–Crippen MR) is 108 cm³/mol. The lowest BCUT2D eigenvalue weighted by Gasteiger charge is -2.04. The van der Waals surface area contributed by atoms with Crippen molar-refractivity contribution >= 4 is 17.7 Å². The average Bonchev–Trinajstić information content (AvgIpc) is 3.05. The molecular formula is C23H25NO4. The van der Waals surface area contributed by atoms with Gasteiger partial charge in [0, 0.05) is 11.1 Å². The van der Waals surface area contributed by atoms with Crippen LogP contribution < -0.4 is 0 Å². The van der Waals surface area contributed by atoms with E-state index < -0.39 is 11.9 Å². The molecule has 0 saturated heterocycles. The zero-order valence-electron chi connectivity index (χ0n) is 16.1. The second-order valence-corrected chi connectivity index (χ2v) is 6.81. The predicted octanol–water partition coefficient (Wildman–Crippen LogP) is 4.87. The lowest BCUT2D eigenvalue weighted by atomic mass is 10.1. The Bertz CT molecular complexity index is 825. The maximum atomic E-state index is 11.9. The van der Waals surface area contributed by atoms with E-state index >= 15 is 0 Å². The molecular weight excluding hydrogens is 354 g/mol. The molecule has 0 atom stereocenters. The maximum Gasteiger partial charge on any atom is 0.443 e. The van der Waals surface area contributed by atoms with E-state index in [4.69, 9.17) is 9.57 Å². The van der Waals surface area contributed by atoms with Crippen molar-refractivity contribution in [3.63, 3.8) is 0 Å². The first kappa shape index (κ1) is 19.8. The summed E-state index contributed by atoms with van der Waals surface area (Å²) in [5.74, 6) is -2.10. The van der Waals surface area contributed by atoms with Crippen LogP contribution in [0.15, 0.2) is 53.7 Å². The van der Waals surface area contributed by atoms with E-state index in [1.807, 2.05) is 48.5 Å². The number of hydrogen-bond donors (Lipinski definition) is 0. The summed E-state index contributed by atoms with van der Waals surface area (Å²) in [5.41, 5.74) is 4.34. The smallest absolute Gasteiger partial charge is 0.443 e. The number of oxime groups is 1. The highest BCUT2D eigenvalue weighted by Crippen LogP contribution is 2.36. The van der Waals surface area contributed by atoms with E-state index in [0.717, 1.165) is 41.5 Å². The molecule has 0 bridgehead atoms. The number of carbonyl (C=O) groups is 2. The van der Waals surface area contributed by atoms with Crippen LogP contribution in [-0.4, -0.2) is 24.3 Å². The second kappa shape index (κ2) is 9.83. The minimum Gasteiger partial charge on any atom is -0.457 e. The van der Waals surface area contributed by atoms with Gasteiger partial charge in [-0.2, -0.15) is 0 Å². The molecule has 28 heavy (non-hydrogen) atoms. The van der Waals surface area contributed by atoms with Crippen LogP contribution in [0.25, 0.3) is 11.1 Å².